The van der Waals surface area contributed by atoms with Crippen molar-refractivity contribution in [2.45, 2.75) is 18.7 Å². The molecule has 2 nitrogen and oxygen atoms in total. The zero-order chi connectivity index (χ0) is 9.35. The maximum Gasteiger partial charge on any atom is 0.393 e. The fourth-order valence-corrected chi connectivity index (χ4v) is 1.53. The molecule has 1 heterocycles. The second-order valence-corrected chi connectivity index (χ2v) is 3.35. The summed E-state index contributed by atoms with van der Waals surface area (Å²) >= 11 is 0. The van der Waals surface area contributed by atoms with Crippen molar-refractivity contribution in [1.82, 2.24) is 4.90 Å². The lowest BCUT2D eigenvalue weighted by molar-refractivity contribution is -0.194. The molecule has 1 fully saturated rings. The van der Waals surface area contributed by atoms with Crippen LogP contribution >= 0.6 is 0 Å². The summed E-state index contributed by atoms with van der Waals surface area (Å²) in [7, 11) is 1.58. The normalized spacial score (nSPS) is 33.8. The van der Waals surface area contributed by atoms with E-state index < -0.39 is 18.2 Å². The van der Waals surface area contributed by atoms with Gasteiger partial charge in [0.15, 0.2) is 0 Å². The van der Waals surface area contributed by atoms with E-state index in [0.717, 1.165) is 0 Å². The lowest BCUT2D eigenvalue weighted by Gasteiger charge is -2.33. The van der Waals surface area contributed by atoms with Crippen LogP contribution in [0.2, 0.25) is 0 Å². The van der Waals surface area contributed by atoms with E-state index in [0.29, 0.717) is 6.54 Å². The summed E-state index contributed by atoms with van der Waals surface area (Å²) < 4.78 is 36.5. The highest BCUT2D eigenvalue weighted by atomic mass is 19.4. The van der Waals surface area contributed by atoms with Gasteiger partial charge in [-0.25, -0.2) is 0 Å². The highest BCUT2D eigenvalue weighted by Crippen LogP contribution is 2.32. The van der Waals surface area contributed by atoms with Gasteiger partial charge >= 0.3 is 6.18 Å². The van der Waals surface area contributed by atoms with Crippen LogP contribution in [0.3, 0.4) is 0 Å². The molecule has 0 aromatic carbocycles. The van der Waals surface area contributed by atoms with Crippen LogP contribution in [-0.4, -0.2) is 42.4 Å². The molecule has 1 saturated heterocycles. The van der Waals surface area contributed by atoms with Crippen LogP contribution in [-0.2, 0) is 0 Å². The minimum Gasteiger partial charge on any atom is -0.392 e. The van der Waals surface area contributed by atoms with E-state index in [1.54, 1.807) is 7.05 Å². The van der Waals surface area contributed by atoms with Gasteiger partial charge in [0.1, 0.15) is 0 Å². The number of alkyl halides is 3. The van der Waals surface area contributed by atoms with Crippen LogP contribution < -0.4 is 0 Å². The number of β-amino-alcohol motifs (C(OH)–C–C–N with tert-alkyl or cyclic N) is 1. The molecule has 72 valence electrons. The number of halogens is 3. The van der Waals surface area contributed by atoms with Crippen LogP contribution in [0.1, 0.15) is 6.42 Å². The van der Waals surface area contributed by atoms with Crippen LogP contribution in [0.4, 0.5) is 13.2 Å². The number of likely N-dealkylation sites (N-methyl/N-ethyl adjacent to an activating group) is 1. The molecule has 0 spiro atoms. The summed E-state index contributed by atoms with van der Waals surface area (Å²) in [5.41, 5.74) is 0. The Morgan fingerprint density at radius 2 is 1.92 bits per heavy atom. The topological polar surface area (TPSA) is 23.5 Å². The van der Waals surface area contributed by atoms with Crippen LogP contribution in [0.15, 0.2) is 0 Å². The fraction of sp³-hybridized carbons (Fsp3) is 1.00. The van der Waals surface area contributed by atoms with E-state index in [-0.39, 0.29) is 13.0 Å². The van der Waals surface area contributed by atoms with Gasteiger partial charge in [-0.2, -0.15) is 13.2 Å². The average Bonchev–Trinajstić information content (AvgIpc) is 1.82. The van der Waals surface area contributed by atoms with Crippen LogP contribution in [0.5, 0.6) is 0 Å². The first-order valence-corrected chi connectivity index (χ1v) is 3.83. The largest absolute Gasteiger partial charge is 0.393 e. The molecule has 12 heavy (non-hydrogen) atoms. The Bertz CT molecular complexity index is 149. The molecule has 2 atom stereocenters. The zero-order valence-electron chi connectivity index (χ0n) is 6.80. The highest BCUT2D eigenvalue weighted by molar-refractivity contribution is 4.80. The SMILES string of the molecule is CN1C[C@@H](O)C[C@@H](C(F)(F)F)C1. The Hall–Kier alpha value is -0.290. The monoisotopic (exact) mass is 183 g/mol. The van der Waals surface area contributed by atoms with Crippen molar-refractivity contribution >= 4 is 0 Å². The molecular formula is C7H12F3NO. The predicted octanol–water partition coefficient (Wildman–Crippen LogP) is 0.861. The third kappa shape index (κ3) is 2.35. The Morgan fingerprint density at radius 3 is 2.33 bits per heavy atom. The van der Waals surface area contributed by atoms with Crippen LogP contribution in [0, 0.1) is 5.92 Å². The number of aliphatic hydroxyl groups is 1. The van der Waals surface area contributed by atoms with Crippen molar-refractivity contribution in [3.63, 3.8) is 0 Å². The second kappa shape index (κ2) is 3.22. The first-order chi connectivity index (χ1) is 5.39. The molecule has 0 aromatic heterocycles. The zero-order valence-corrected chi connectivity index (χ0v) is 6.80. The summed E-state index contributed by atoms with van der Waals surface area (Å²) in [4.78, 5) is 1.51. The Kier molecular flexibility index (Phi) is 2.63. The van der Waals surface area contributed by atoms with E-state index >= 15 is 0 Å². The number of nitrogens with zero attached hydrogens (tertiary/aromatic N) is 1. The maximum atomic E-state index is 12.2. The number of likely N-dealkylation sites (tertiary alicyclic amines) is 1. The van der Waals surface area contributed by atoms with Crippen molar-refractivity contribution in [2.24, 2.45) is 5.92 Å². The Labute approximate surface area is 69.0 Å². The van der Waals surface area contributed by atoms with Gasteiger partial charge in [0.05, 0.1) is 12.0 Å². The van der Waals surface area contributed by atoms with Gasteiger partial charge < -0.3 is 10.0 Å². The third-order valence-electron chi connectivity index (χ3n) is 2.07. The number of hydrogen-bond acceptors (Lipinski definition) is 2. The molecule has 0 aromatic rings. The molecule has 1 N–H and O–H groups in total. The fourth-order valence-electron chi connectivity index (χ4n) is 1.53. The standard InChI is InChI=1S/C7H12F3NO/c1-11-3-5(7(8,9)10)2-6(12)4-11/h5-6,12H,2-4H2,1H3/t5-,6+/m1/s1. The van der Waals surface area contributed by atoms with Gasteiger partial charge in [0.25, 0.3) is 0 Å². The molecule has 5 heteroatoms. The molecule has 0 unspecified atom stereocenters. The molecular weight excluding hydrogens is 171 g/mol. The minimum atomic E-state index is -4.17. The van der Waals surface area contributed by atoms with Crippen molar-refractivity contribution in [2.75, 3.05) is 20.1 Å². The van der Waals surface area contributed by atoms with E-state index in [2.05, 4.69) is 0 Å². The third-order valence-corrected chi connectivity index (χ3v) is 2.07. The van der Waals surface area contributed by atoms with E-state index in [1.807, 2.05) is 0 Å². The smallest absolute Gasteiger partial charge is 0.392 e. The number of hydrogen-bond donors (Lipinski definition) is 1. The molecule has 0 saturated carbocycles. The molecule has 0 bridgehead atoms. The number of aliphatic hydroxyl groups excluding tert-OH is 1. The van der Waals surface area contributed by atoms with E-state index in [4.69, 9.17) is 5.11 Å². The Morgan fingerprint density at radius 1 is 1.33 bits per heavy atom. The van der Waals surface area contributed by atoms with Crippen molar-refractivity contribution < 1.29 is 18.3 Å². The summed E-state index contributed by atoms with van der Waals surface area (Å²) in [5, 5.41) is 9.07. The van der Waals surface area contributed by atoms with Gasteiger partial charge in [-0.15, -0.1) is 0 Å². The summed E-state index contributed by atoms with van der Waals surface area (Å²) in [6.45, 7) is 0.340. The molecule has 0 amide bonds. The van der Waals surface area contributed by atoms with Gasteiger partial charge in [0.2, 0.25) is 0 Å². The molecule has 1 aliphatic heterocycles. The summed E-state index contributed by atoms with van der Waals surface area (Å²) in [6, 6.07) is 0. The van der Waals surface area contributed by atoms with Gasteiger partial charge in [-0.05, 0) is 13.5 Å². The van der Waals surface area contributed by atoms with Crippen molar-refractivity contribution in [3.05, 3.63) is 0 Å². The maximum absolute atomic E-state index is 12.2. The summed E-state index contributed by atoms with van der Waals surface area (Å²) in [5.74, 6) is -1.37. The van der Waals surface area contributed by atoms with Crippen molar-refractivity contribution in [1.29, 1.82) is 0 Å². The first kappa shape index (κ1) is 9.80. The molecule has 0 aliphatic carbocycles. The van der Waals surface area contributed by atoms with E-state index in [9.17, 15) is 13.2 Å². The number of piperidine rings is 1. The van der Waals surface area contributed by atoms with Gasteiger partial charge in [-0.3, -0.25) is 0 Å². The lowest BCUT2D eigenvalue weighted by atomic mass is 9.96. The first-order valence-electron chi connectivity index (χ1n) is 3.83. The van der Waals surface area contributed by atoms with Crippen molar-refractivity contribution in [3.8, 4) is 0 Å². The minimum absolute atomic E-state index is 0.000556. The molecule has 1 aliphatic rings. The van der Waals surface area contributed by atoms with Crippen LogP contribution in [0.25, 0.3) is 0 Å². The number of rotatable bonds is 0. The molecule has 0 radical (unpaired) electrons. The Balaban J connectivity index is 2.55. The van der Waals surface area contributed by atoms with E-state index in [1.165, 1.54) is 4.90 Å². The average molecular weight is 183 g/mol. The van der Waals surface area contributed by atoms with Gasteiger partial charge in [-0.1, -0.05) is 0 Å². The second-order valence-electron chi connectivity index (χ2n) is 3.35. The summed E-state index contributed by atoms with van der Waals surface area (Å²) in [6.07, 6.45) is -5.17. The van der Waals surface area contributed by atoms with Gasteiger partial charge in [0, 0.05) is 13.1 Å². The molecule has 1 rings (SSSR count). The highest BCUT2D eigenvalue weighted by Gasteiger charge is 2.43. The predicted molar refractivity (Wildman–Crippen MR) is 37.7 cm³/mol. The quantitative estimate of drug-likeness (QED) is 0.602. The lowest BCUT2D eigenvalue weighted by Crippen LogP contribution is -2.45.